The van der Waals surface area contributed by atoms with E-state index in [1.165, 1.54) is 76.5 Å². The first kappa shape index (κ1) is 110. The summed E-state index contributed by atoms with van der Waals surface area (Å²) < 4.78 is 0. The monoisotopic (exact) mass is 1740 g/mol. The molecule has 4 nitrogen and oxygen atoms in total. The first-order valence-corrected chi connectivity index (χ1v) is 71.2. The second kappa shape index (κ2) is 44.0. The van der Waals surface area contributed by atoms with Gasteiger partial charge in [0.05, 0.1) is 13.8 Å². The van der Waals surface area contributed by atoms with Gasteiger partial charge in [-0.1, -0.05) is 364 Å². The number of nitrogens with zero attached hydrogens (tertiary/aromatic N) is 3. The average Bonchev–Trinajstić information content (AvgIpc) is 0.753. The predicted octanol–water partition coefficient (Wildman–Crippen LogP) is 31.0. The maximum Gasteiger partial charge on any atom is 4.00 e. The SMILES string of the molecule is C.CC(C)(C)c1ccc2c(-c3cccc(NC[Si](C)(C)C)n3)c3cc(C(C)(C)C)ccc3cc2c1.CC(C)(C)c1ccc2c(-c3cccc([N-]C[Si](C)(C)C)n3)c3cc(C(C)(C)C)ccc3cc2c1.[CH2-][Si](C)(C)C.[CH2-][Si](C)(C)C.[CH2-][Si](C)(C)C.[CH2-][Si](C)(C)C.[CH2-][Si](C)(C)C.[CH2-][Si](C)(C)C.[CH2-][Si](C)(C)C.[Zr+3].[Zr+4]. The summed E-state index contributed by atoms with van der Waals surface area (Å²) in [5, 5.41) is 18.6. The molecule has 0 unspecified atom stereocenters. The van der Waals surface area contributed by atoms with Gasteiger partial charge in [0.25, 0.3) is 0 Å². The van der Waals surface area contributed by atoms with Crippen LogP contribution in [-0.4, -0.2) is 95.0 Å². The Hall–Kier alpha value is -2.02. The van der Waals surface area contributed by atoms with Crippen LogP contribution >= 0.6 is 0 Å². The van der Waals surface area contributed by atoms with Crippen LogP contribution in [0.25, 0.3) is 70.9 Å². The number of pyridine rings is 2. The van der Waals surface area contributed by atoms with Crippen LogP contribution in [0.5, 0.6) is 0 Å². The van der Waals surface area contributed by atoms with Crippen LogP contribution in [0.15, 0.2) is 121 Å². The van der Waals surface area contributed by atoms with Crippen LogP contribution in [0, 0.1) is 45.8 Å². The molecule has 0 atom stereocenters. The van der Waals surface area contributed by atoms with Crippen LogP contribution in [-0.2, 0) is 74.1 Å². The molecule has 0 saturated carbocycles. The Morgan fingerprint density at radius 1 is 0.321 bits per heavy atom. The van der Waals surface area contributed by atoms with Crippen molar-refractivity contribution in [3.8, 4) is 22.5 Å². The minimum absolute atomic E-state index is 0. The van der Waals surface area contributed by atoms with E-state index < -0.39 is 72.7 Å². The molecule has 589 valence electrons. The van der Waals surface area contributed by atoms with E-state index in [1.54, 1.807) is 0 Å². The zero-order chi connectivity index (χ0) is 81.3. The largest absolute Gasteiger partial charge is 4.00 e. The normalized spacial score (nSPS) is 12.3. The number of fused-ring (bicyclic) bond motifs is 4. The summed E-state index contributed by atoms with van der Waals surface area (Å²) in [5.41, 5.74) is 10.3. The van der Waals surface area contributed by atoms with Crippen molar-refractivity contribution in [2.75, 3.05) is 17.7 Å². The molecule has 0 fully saturated rings. The van der Waals surface area contributed by atoms with Crippen LogP contribution in [0.2, 0.25) is 177 Å². The summed E-state index contributed by atoms with van der Waals surface area (Å²) in [7, 11) is -8.54. The molecule has 1 radical (unpaired) electrons. The smallest absolute Gasteiger partial charge is 0.468 e. The van der Waals surface area contributed by atoms with Gasteiger partial charge in [-0.3, -0.25) is 0 Å². The molecule has 0 bridgehead atoms. The standard InChI is InChI=1S/C31H40N2Si.C31H39N2Si.7C4H11Si.CH4.2Zr/c2*1-30(2,3)23-15-16-25-22(18-23)17-21-13-14-24(31(4,5)6)19-26(21)29(25)27-11-10-12-28(33-27)32-20-34(7,8)9;7*1-5(2,3)4;;;/h10-19H,20H2,1-9H3,(H,32,33);10-19H,20H2,1-9H3;7*1H2,2-4H3;1H4;;/q;8*-1;;+3;+4. The molecule has 0 aliphatic rings. The molecule has 2 aromatic heterocycles. The van der Waals surface area contributed by atoms with Gasteiger partial charge >= 0.3 is 52.4 Å². The van der Waals surface area contributed by atoms with Crippen LogP contribution < -0.4 is 5.32 Å². The number of benzene rings is 6. The van der Waals surface area contributed by atoms with E-state index >= 15 is 0 Å². The summed E-state index contributed by atoms with van der Waals surface area (Å²) in [5.74, 6) is 1.80. The third-order valence-electron chi connectivity index (χ3n) is 12.9. The quantitative estimate of drug-likeness (QED) is 0.0937. The van der Waals surface area contributed by atoms with Crippen molar-refractivity contribution in [1.82, 2.24) is 9.97 Å². The first-order chi connectivity index (χ1) is 45.4. The Morgan fingerprint density at radius 2 is 0.585 bits per heavy atom. The summed E-state index contributed by atoms with van der Waals surface area (Å²) in [6.07, 6.45) is 1.91. The van der Waals surface area contributed by atoms with Crippen LogP contribution in [0.4, 0.5) is 11.6 Å². The second-order valence-corrected chi connectivity index (χ2v) is 90.5. The summed E-state index contributed by atoms with van der Waals surface area (Å²) in [4.78, 5) is 10.2. The molecule has 2 heterocycles. The predicted molar refractivity (Wildman–Crippen MR) is 515 cm³/mol. The van der Waals surface area contributed by atoms with Gasteiger partial charge in [0, 0.05) is 19.8 Å². The molecule has 0 amide bonds. The van der Waals surface area contributed by atoms with E-state index in [-0.39, 0.29) is 81.5 Å². The van der Waals surface area contributed by atoms with Crippen molar-refractivity contribution in [3.63, 3.8) is 0 Å². The molecule has 0 saturated heterocycles. The van der Waals surface area contributed by atoms with Gasteiger partial charge in [0.1, 0.15) is 5.82 Å². The molecule has 0 aliphatic heterocycles. The van der Waals surface area contributed by atoms with E-state index in [2.05, 4.69) is 426 Å². The van der Waals surface area contributed by atoms with Gasteiger partial charge in [-0.25, -0.2) is 4.98 Å². The van der Waals surface area contributed by atoms with E-state index in [1.807, 2.05) is 6.07 Å². The fraction of sp³-hybridized carbons (Fsp3) is 0.505. The Bertz CT molecular complexity index is 3510. The summed E-state index contributed by atoms with van der Waals surface area (Å²) in [6, 6.07) is 45.1. The second-order valence-electron chi connectivity index (χ2n) is 43.8. The van der Waals surface area contributed by atoms with Crippen molar-refractivity contribution in [2.24, 2.45) is 0 Å². The third-order valence-corrected chi connectivity index (χ3v) is 15.2. The summed E-state index contributed by atoms with van der Waals surface area (Å²) >= 11 is 0. The first-order valence-electron chi connectivity index (χ1n) is 37.8. The average molecular weight is 1750 g/mol. The molecule has 8 rings (SSSR count). The minimum atomic E-state index is -1.28. The number of hydrogen-bond donors (Lipinski definition) is 1. The summed E-state index contributed by atoms with van der Waals surface area (Å²) in [6.45, 7) is 115. The third kappa shape index (κ3) is 54.6. The topological polar surface area (TPSA) is 51.9 Å². The van der Waals surface area contributed by atoms with Crippen molar-refractivity contribution >= 4 is 127 Å². The zero-order valence-electron chi connectivity index (χ0n) is 75.3. The molecule has 15 heteroatoms. The van der Waals surface area contributed by atoms with Gasteiger partial charge in [0.15, 0.2) is 0 Å². The van der Waals surface area contributed by atoms with Crippen LogP contribution in [0.1, 0.15) is 113 Å². The zero-order valence-corrected chi connectivity index (χ0v) is 89.2. The number of nitrogens with one attached hydrogen (secondary N) is 1. The molecule has 6 aromatic carbocycles. The van der Waals surface area contributed by atoms with Gasteiger partial charge in [-0.15, -0.1) is 56.5 Å². The van der Waals surface area contributed by atoms with Crippen molar-refractivity contribution < 1.29 is 52.4 Å². The van der Waals surface area contributed by atoms with Crippen molar-refractivity contribution in [2.45, 2.75) is 289 Å². The minimum Gasteiger partial charge on any atom is -0.468 e. The van der Waals surface area contributed by atoms with Crippen LogP contribution in [0.3, 0.4) is 0 Å². The molecule has 8 aromatic rings. The van der Waals surface area contributed by atoms with Gasteiger partial charge in [0.2, 0.25) is 0 Å². The van der Waals surface area contributed by atoms with E-state index in [0.29, 0.717) is 0 Å². The molecule has 0 spiro atoms. The van der Waals surface area contributed by atoms with E-state index in [0.717, 1.165) is 35.4 Å². The fourth-order valence-corrected chi connectivity index (χ4v) is 10.0. The Labute approximate surface area is 706 Å². The molecule has 1 N–H and O–H groups in total. The van der Waals surface area contributed by atoms with Crippen molar-refractivity contribution in [1.29, 1.82) is 0 Å². The molecule has 106 heavy (non-hydrogen) atoms. The van der Waals surface area contributed by atoms with Gasteiger partial charge < -0.3 is 61.4 Å². The van der Waals surface area contributed by atoms with Gasteiger partial charge in [-0.2, -0.15) is 0 Å². The number of anilines is 1. The maximum atomic E-state index is 5.12. The Kier molecular flexibility index (Phi) is 45.8. The Morgan fingerprint density at radius 3 is 0.858 bits per heavy atom. The van der Waals surface area contributed by atoms with Gasteiger partial charge in [-0.05, 0) is 135 Å². The number of aromatic nitrogens is 2. The number of hydrogen-bond acceptors (Lipinski definition) is 3. The fourth-order valence-electron chi connectivity index (χ4n) is 8.66. The number of rotatable bonds is 8. The molecular weight excluding hydrogens is 1580 g/mol. The van der Waals surface area contributed by atoms with Crippen molar-refractivity contribution in [3.05, 3.63) is 195 Å². The van der Waals surface area contributed by atoms with E-state index in [9.17, 15) is 0 Å². The maximum absolute atomic E-state index is 5.12. The van der Waals surface area contributed by atoms with E-state index in [4.69, 9.17) is 15.3 Å². The molecular formula is C91H160N4Si9Zr2-. The molecule has 0 aliphatic carbocycles. The Balaban J connectivity index is -0.000000666.